The van der Waals surface area contributed by atoms with Crippen molar-refractivity contribution in [3.63, 3.8) is 0 Å². The van der Waals surface area contributed by atoms with Crippen LogP contribution in [0.15, 0.2) is 29.3 Å². The molecule has 0 saturated heterocycles. The third-order valence-corrected chi connectivity index (χ3v) is 2.76. The zero-order valence-electron chi connectivity index (χ0n) is 11.2. The van der Waals surface area contributed by atoms with E-state index in [9.17, 15) is 0 Å². The van der Waals surface area contributed by atoms with Gasteiger partial charge in [-0.3, -0.25) is 4.99 Å². The SMILES string of the molecule is C#CCNC(=NCCCc1ccc(Cl)cc1)NCC. The summed E-state index contributed by atoms with van der Waals surface area (Å²) in [6, 6.07) is 7.93. The fraction of sp³-hybridized carbons (Fsp3) is 0.400. The molecule has 0 aliphatic heterocycles. The molecule has 1 aromatic carbocycles. The third kappa shape index (κ3) is 6.73. The van der Waals surface area contributed by atoms with E-state index in [4.69, 9.17) is 18.0 Å². The molecule has 0 amide bonds. The van der Waals surface area contributed by atoms with E-state index in [1.807, 2.05) is 31.2 Å². The number of benzene rings is 1. The maximum absolute atomic E-state index is 5.84. The highest BCUT2D eigenvalue weighted by Crippen LogP contribution is 2.10. The van der Waals surface area contributed by atoms with Gasteiger partial charge in [0.2, 0.25) is 0 Å². The maximum Gasteiger partial charge on any atom is 0.192 e. The van der Waals surface area contributed by atoms with Crippen LogP contribution >= 0.6 is 11.6 Å². The first-order valence-corrected chi connectivity index (χ1v) is 6.84. The van der Waals surface area contributed by atoms with Crippen LogP contribution in [0, 0.1) is 12.3 Å². The van der Waals surface area contributed by atoms with E-state index in [0.717, 1.165) is 36.9 Å². The van der Waals surface area contributed by atoms with Gasteiger partial charge in [-0.05, 0) is 37.5 Å². The lowest BCUT2D eigenvalue weighted by atomic mass is 10.1. The van der Waals surface area contributed by atoms with Gasteiger partial charge in [-0.25, -0.2) is 0 Å². The van der Waals surface area contributed by atoms with Crippen LogP contribution in [-0.2, 0) is 6.42 Å². The number of nitrogens with zero attached hydrogens (tertiary/aromatic N) is 1. The molecule has 2 N–H and O–H groups in total. The number of rotatable bonds is 6. The van der Waals surface area contributed by atoms with Crippen LogP contribution in [0.4, 0.5) is 0 Å². The average molecular weight is 278 g/mol. The lowest BCUT2D eigenvalue weighted by Gasteiger charge is -2.08. The highest BCUT2D eigenvalue weighted by molar-refractivity contribution is 6.30. The van der Waals surface area contributed by atoms with Crippen LogP contribution in [0.2, 0.25) is 5.02 Å². The first kappa shape index (κ1) is 15.4. The Morgan fingerprint density at radius 3 is 2.68 bits per heavy atom. The second kappa shape index (κ2) is 9.29. The molecule has 0 radical (unpaired) electrons. The first-order chi connectivity index (χ1) is 9.26. The number of hydrogen-bond acceptors (Lipinski definition) is 1. The Kier molecular flexibility index (Phi) is 7.53. The van der Waals surface area contributed by atoms with Crippen molar-refractivity contribution >= 4 is 17.6 Å². The van der Waals surface area contributed by atoms with Crippen molar-refractivity contribution in [2.75, 3.05) is 19.6 Å². The first-order valence-electron chi connectivity index (χ1n) is 6.46. The molecule has 0 atom stereocenters. The van der Waals surface area contributed by atoms with Crippen molar-refractivity contribution in [2.24, 2.45) is 4.99 Å². The fourth-order valence-electron chi connectivity index (χ4n) is 1.60. The minimum Gasteiger partial charge on any atom is -0.357 e. The molecule has 1 rings (SSSR count). The van der Waals surface area contributed by atoms with Crippen LogP contribution in [0.25, 0.3) is 0 Å². The molecule has 0 unspecified atom stereocenters. The van der Waals surface area contributed by atoms with E-state index in [-0.39, 0.29) is 0 Å². The molecule has 4 heteroatoms. The van der Waals surface area contributed by atoms with Gasteiger partial charge in [0.05, 0.1) is 6.54 Å². The van der Waals surface area contributed by atoms with Crippen molar-refractivity contribution in [2.45, 2.75) is 19.8 Å². The van der Waals surface area contributed by atoms with E-state index < -0.39 is 0 Å². The predicted molar refractivity (Wildman–Crippen MR) is 82.6 cm³/mol. The largest absolute Gasteiger partial charge is 0.357 e. The van der Waals surface area contributed by atoms with Gasteiger partial charge < -0.3 is 10.6 Å². The molecule has 19 heavy (non-hydrogen) atoms. The van der Waals surface area contributed by atoms with Crippen molar-refractivity contribution < 1.29 is 0 Å². The lowest BCUT2D eigenvalue weighted by Crippen LogP contribution is -2.37. The molecule has 0 aliphatic rings. The van der Waals surface area contributed by atoms with Crippen LogP contribution in [0.3, 0.4) is 0 Å². The smallest absolute Gasteiger partial charge is 0.192 e. The predicted octanol–water partition coefficient (Wildman–Crippen LogP) is 2.46. The van der Waals surface area contributed by atoms with Gasteiger partial charge in [0.25, 0.3) is 0 Å². The van der Waals surface area contributed by atoms with Crippen molar-refractivity contribution in [3.8, 4) is 12.3 Å². The van der Waals surface area contributed by atoms with E-state index in [1.165, 1.54) is 5.56 Å². The quantitative estimate of drug-likeness (QED) is 0.363. The highest BCUT2D eigenvalue weighted by atomic mass is 35.5. The number of aryl methyl sites for hydroxylation is 1. The molecule has 0 bridgehead atoms. The molecular weight excluding hydrogens is 258 g/mol. The second-order valence-corrected chi connectivity index (χ2v) is 4.48. The molecule has 0 aliphatic carbocycles. The Balaban J connectivity index is 2.34. The van der Waals surface area contributed by atoms with Gasteiger partial charge in [-0.15, -0.1) is 6.42 Å². The molecule has 3 nitrogen and oxygen atoms in total. The molecule has 0 saturated carbocycles. The maximum atomic E-state index is 5.84. The van der Waals surface area contributed by atoms with Gasteiger partial charge >= 0.3 is 0 Å². The van der Waals surface area contributed by atoms with Crippen LogP contribution < -0.4 is 10.6 Å². The fourth-order valence-corrected chi connectivity index (χ4v) is 1.73. The zero-order chi connectivity index (χ0) is 13.9. The summed E-state index contributed by atoms with van der Waals surface area (Å²) in [7, 11) is 0. The summed E-state index contributed by atoms with van der Waals surface area (Å²) in [5.41, 5.74) is 1.28. The lowest BCUT2D eigenvalue weighted by molar-refractivity contribution is 0.804. The van der Waals surface area contributed by atoms with Gasteiger partial charge in [0.15, 0.2) is 5.96 Å². The summed E-state index contributed by atoms with van der Waals surface area (Å²) in [4.78, 5) is 4.46. The Bertz CT molecular complexity index is 432. The van der Waals surface area contributed by atoms with Gasteiger partial charge in [-0.2, -0.15) is 0 Å². The van der Waals surface area contributed by atoms with E-state index in [0.29, 0.717) is 6.54 Å². The van der Waals surface area contributed by atoms with Crippen molar-refractivity contribution in [3.05, 3.63) is 34.9 Å². The van der Waals surface area contributed by atoms with Crippen molar-refractivity contribution in [1.82, 2.24) is 10.6 Å². The summed E-state index contributed by atoms with van der Waals surface area (Å²) < 4.78 is 0. The Labute approximate surface area is 120 Å². The summed E-state index contributed by atoms with van der Waals surface area (Å²) in [6.07, 6.45) is 7.20. The van der Waals surface area contributed by atoms with E-state index in [2.05, 4.69) is 21.5 Å². The number of hydrogen-bond donors (Lipinski definition) is 2. The number of aliphatic imine (C=N–C) groups is 1. The normalized spacial score (nSPS) is 10.9. The second-order valence-electron chi connectivity index (χ2n) is 4.05. The summed E-state index contributed by atoms with van der Waals surface area (Å²) in [6.45, 7) is 4.11. The standard InChI is InChI=1S/C15H20ClN3/c1-3-11-18-15(17-4-2)19-12-5-6-13-7-9-14(16)10-8-13/h1,7-10H,4-6,11-12H2,2H3,(H2,17,18,19). The Hall–Kier alpha value is -1.66. The molecular formula is C15H20ClN3. The van der Waals surface area contributed by atoms with E-state index >= 15 is 0 Å². The number of terminal acetylenes is 1. The molecule has 0 aromatic heterocycles. The molecule has 102 valence electrons. The Morgan fingerprint density at radius 1 is 1.32 bits per heavy atom. The van der Waals surface area contributed by atoms with E-state index in [1.54, 1.807) is 0 Å². The molecule has 0 fully saturated rings. The minimum absolute atomic E-state index is 0.489. The number of halogens is 1. The zero-order valence-corrected chi connectivity index (χ0v) is 12.0. The topological polar surface area (TPSA) is 36.4 Å². The average Bonchev–Trinajstić information content (AvgIpc) is 2.42. The molecule has 1 aromatic rings. The van der Waals surface area contributed by atoms with Crippen molar-refractivity contribution in [1.29, 1.82) is 0 Å². The summed E-state index contributed by atoms with van der Waals surface area (Å²) >= 11 is 5.84. The van der Waals surface area contributed by atoms with Gasteiger partial charge in [-0.1, -0.05) is 29.7 Å². The molecule has 0 spiro atoms. The van der Waals surface area contributed by atoms with Crippen LogP contribution in [0.1, 0.15) is 18.9 Å². The highest BCUT2D eigenvalue weighted by Gasteiger charge is 1.96. The number of guanidine groups is 1. The molecule has 0 heterocycles. The van der Waals surface area contributed by atoms with Crippen LogP contribution in [-0.4, -0.2) is 25.6 Å². The third-order valence-electron chi connectivity index (χ3n) is 2.51. The monoisotopic (exact) mass is 277 g/mol. The Morgan fingerprint density at radius 2 is 2.05 bits per heavy atom. The van der Waals surface area contributed by atoms with Gasteiger partial charge in [0, 0.05) is 18.1 Å². The minimum atomic E-state index is 0.489. The van der Waals surface area contributed by atoms with Gasteiger partial charge in [0.1, 0.15) is 0 Å². The number of nitrogens with one attached hydrogen (secondary N) is 2. The summed E-state index contributed by atoms with van der Waals surface area (Å²) in [5.74, 6) is 3.31. The van der Waals surface area contributed by atoms with Crippen LogP contribution in [0.5, 0.6) is 0 Å². The summed E-state index contributed by atoms with van der Waals surface area (Å²) in [5, 5.41) is 6.98.